The molecule has 10 nitrogen and oxygen atoms in total. The molecule has 1 saturated heterocycles. The Labute approximate surface area is 235 Å². The molecule has 2 aromatic heterocycles. The largest absolute Gasteiger partial charge is 0.378 e. The van der Waals surface area contributed by atoms with Crippen molar-refractivity contribution >= 4 is 38.6 Å². The van der Waals surface area contributed by atoms with E-state index < -0.39 is 16.1 Å². The van der Waals surface area contributed by atoms with E-state index >= 15 is 0 Å². The SMILES string of the molecule is CCCC(CCNCc1cnc(N)nc1)C(O)N1CCC(n2c(SCC)nc3cc(S(C)(=O)=O)ccc32)CC1. The Morgan fingerprint density at radius 1 is 1.18 bits per heavy atom. The number of likely N-dealkylation sites (tertiary alicyclic amines) is 1. The van der Waals surface area contributed by atoms with Gasteiger partial charge >= 0.3 is 0 Å². The number of sulfone groups is 1. The molecule has 0 bridgehead atoms. The summed E-state index contributed by atoms with van der Waals surface area (Å²) in [5.41, 5.74) is 8.24. The van der Waals surface area contributed by atoms with Crippen LogP contribution in [-0.2, 0) is 16.4 Å². The van der Waals surface area contributed by atoms with Gasteiger partial charge in [-0.3, -0.25) is 4.90 Å². The standard InChI is InChI=1S/C27H41N7O3S2/c1-4-6-20(9-12-29-16-19-17-30-26(28)31-18-19)25(35)33-13-10-21(11-14-33)34-24-8-7-22(39(3,36)37)15-23(24)32-27(34)38-5-2/h7-8,15,17-18,20-21,25,29,35H,4-6,9-14,16H2,1-3H3,(H2,28,30,31). The van der Waals surface area contributed by atoms with E-state index in [-0.39, 0.29) is 17.9 Å². The Morgan fingerprint density at radius 3 is 2.54 bits per heavy atom. The highest BCUT2D eigenvalue weighted by Crippen LogP contribution is 2.35. The molecule has 1 aliphatic rings. The minimum absolute atomic E-state index is 0.191. The third-order valence-electron chi connectivity index (χ3n) is 7.40. The third-order valence-corrected chi connectivity index (χ3v) is 9.34. The minimum atomic E-state index is -3.29. The normalized spacial score (nSPS) is 17.0. The Hall–Kier alpha value is -2.25. The van der Waals surface area contributed by atoms with Crippen LogP contribution < -0.4 is 11.1 Å². The number of aromatic nitrogens is 4. The van der Waals surface area contributed by atoms with Crippen molar-refractivity contribution in [3.63, 3.8) is 0 Å². The number of anilines is 1. The van der Waals surface area contributed by atoms with Crippen molar-refractivity contribution in [2.45, 2.75) is 74.8 Å². The number of thioether (sulfide) groups is 1. The smallest absolute Gasteiger partial charge is 0.219 e. The zero-order valence-corrected chi connectivity index (χ0v) is 24.7. The average molecular weight is 576 g/mol. The first kappa shape index (κ1) is 29.7. The quantitative estimate of drug-likeness (QED) is 0.205. The summed E-state index contributed by atoms with van der Waals surface area (Å²) in [6, 6.07) is 5.51. The molecule has 0 saturated carbocycles. The topological polar surface area (TPSA) is 139 Å². The molecule has 1 fully saturated rings. The molecule has 2 unspecified atom stereocenters. The molecule has 0 radical (unpaired) electrons. The van der Waals surface area contributed by atoms with Crippen LogP contribution in [-0.4, -0.2) is 75.8 Å². The lowest BCUT2D eigenvalue weighted by Gasteiger charge is -2.39. The number of nitrogens with two attached hydrogens (primary N) is 1. The number of benzene rings is 1. The number of imidazole rings is 1. The number of aliphatic hydroxyl groups is 1. The highest BCUT2D eigenvalue weighted by atomic mass is 32.2. The Kier molecular flexibility index (Phi) is 10.2. The van der Waals surface area contributed by atoms with Gasteiger partial charge in [-0.1, -0.05) is 32.0 Å². The Bertz CT molecular complexity index is 1320. The first-order valence-corrected chi connectivity index (χ1v) is 16.6. The number of rotatable bonds is 13. The van der Waals surface area contributed by atoms with Crippen LogP contribution >= 0.6 is 11.8 Å². The van der Waals surface area contributed by atoms with Crippen molar-refractivity contribution in [1.29, 1.82) is 0 Å². The molecule has 2 atom stereocenters. The number of hydrogen-bond acceptors (Lipinski definition) is 10. The predicted octanol–water partition coefficient (Wildman–Crippen LogP) is 3.48. The molecule has 214 valence electrons. The van der Waals surface area contributed by atoms with Gasteiger partial charge in [0.25, 0.3) is 0 Å². The number of hydrogen-bond donors (Lipinski definition) is 3. The lowest BCUT2D eigenvalue weighted by molar-refractivity contribution is -0.0592. The van der Waals surface area contributed by atoms with E-state index in [1.165, 1.54) is 6.26 Å². The maximum Gasteiger partial charge on any atom is 0.219 e. The van der Waals surface area contributed by atoms with Crippen molar-refractivity contribution in [2.75, 3.05) is 37.4 Å². The van der Waals surface area contributed by atoms with Gasteiger partial charge in [0.1, 0.15) is 6.23 Å². The molecule has 0 aliphatic carbocycles. The highest BCUT2D eigenvalue weighted by Gasteiger charge is 2.31. The number of nitrogens with zero attached hydrogens (tertiary/aromatic N) is 5. The zero-order valence-electron chi connectivity index (χ0n) is 23.1. The number of piperidine rings is 1. The van der Waals surface area contributed by atoms with Gasteiger partial charge in [0.05, 0.1) is 15.9 Å². The Morgan fingerprint density at radius 2 is 1.90 bits per heavy atom. The van der Waals surface area contributed by atoms with Crippen LogP contribution in [0.3, 0.4) is 0 Å². The van der Waals surface area contributed by atoms with Crippen LogP contribution in [0.15, 0.2) is 40.6 Å². The van der Waals surface area contributed by atoms with Gasteiger partial charge in [-0.2, -0.15) is 0 Å². The zero-order chi connectivity index (χ0) is 28.0. The van der Waals surface area contributed by atoms with Gasteiger partial charge in [-0.05, 0) is 62.1 Å². The molecule has 0 spiro atoms. The van der Waals surface area contributed by atoms with Gasteiger partial charge in [0, 0.05) is 49.9 Å². The molecule has 1 aromatic carbocycles. The van der Waals surface area contributed by atoms with Crippen LogP contribution in [0.5, 0.6) is 0 Å². The minimum Gasteiger partial charge on any atom is -0.378 e. The van der Waals surface area contributed by atoms with Crippen LogP contribution in [0.25, 0.3) is 11.0 Å². The van der Waals surface area contributed by atoms with Gasteiger partial charge in [0.15, 0.2) is 15.0 Å². The summed E-state index contributed by atoms with van der Waals surface area (Å²) >= 11 is 1.68. The fourth-order valence-electron chi connectivity index (χ4n) is 5.37. The second-order valence-electron chi connectivity index (χ2n) is 10.3. The van der Waals surface area contributed by atoms with Gasteiger partial charge in [-0.25, -0.2) is 23.4 Å². The molecule has 4 rings (SSSR count). The summed E-state index contributed by atoms with van der Waals surface area (Å²) in [4.78, 5) is 15.4. The molecule has 1 aliphatic heterocycles. The molecule has 3 aromatic rings. The predicted molar refractivity (Wildman–Crippen MR) is 156 cm³/mol. The lowest BCUT2D eigenvalue weighted by Crippen LogP contribution is -2.46. The van der Waals surface area contributed by atoms with Gasteiger partial charge in [0.2, 0.25) is 5.95 Å². The number of fused-ring (bicyclic) bond motifs is 1. The summed E-state index contributed by atoms with van der Waals surface area (Å²) < 4.78 is 26.4. The van der Waals surface area contributed by atoms with E-state index in [0.717, 1.165) is 79.2 Å². The van der Waals surface area contributed by atoms with E-state index in [2.05, 4.69) is 38.6 Å². The number of aliphatic hydroxyl groups excluding tert-OH is 1. The van der Waals surface area contributed by atoms with Crippen LogP contribution in [0.1, 0.15) is 57.6 Å². The maximum absolute atomic E-state index is 12.1. The van der Waals surface area contributed by atoms with Crippen molar-refractivity contribution in [3.8, 4) is 0 Å². The van der Waals surface area contributed by atoms with E-state index in [1.54, 1.807) is 36.3 Å². The van der Waals surface area contributed by atoms with Crippen LogP contribution in [0.4, 0.5) is 5.95 Å². The third kappa shape index (κ3) is 7.49. The monoisotopic (exact) mass is 575 g/mol. The fraction of sp³-hybridized carbons (Fsp3) is 0.593. The molecular formula is C27H41N7O3S2. The molecular weight excluding hydrogens is 534 g/mol. The van der Waals surface area contributed by atoms with Crippen LogP contribution in [0, 0.1) is 5.92 Å². The number of nitrogens with one attached hydrogen (secondary N) is 1. The second-order valence-corrected chi connectivity index (χ2v) is 13.5. The van der Waals surface area contributed by atoms with Gasteiger partial charge in [-0.15, -0.1) is 0 Å². The molecule has 4 N–H and O–H groups in total. The van der Waals surface area contributed by atoms with Crippen molar-refractivity contribution in [1.82, 2.24) is 29.7 Å². The summed E-state index contributed by atoms with van der Waals surface area (Å²) in [6.07, 6.45) is 8.91. The fourth-order valence-corrected chi connectivity index (χ4v) is 6.82. The summed E-state index contributed by atoms with van der Waals surface area (Å²) in [5.74, 6) is 1.35. The molecule has 0 amide bonds. The summed E-state index contributed by atoms with van der Waals surface area (Å²) in [7, 11) is -3.29. The first-order chi connectivity index (χ1) is 18.7. The van der Waals surface area contributed by atoms with E-state index in [0.29, 0.717) is 11.4 Å². The highest BCUT2D eigenvalue weighted by molar-refractivity contribution is 7.99. The van der Waals surface area contributed by atoms with Crippen molar-refractivity contribution < 1.29 is 13.5 Å². The Balaban J connectivity index is 1.38. The average Bonchev–Trinajstić information content (AvgIpc) is 3.28. The van der Waals surface area contributed by atoms with Crippen molar-refractivity contribution in [3.05, 3.63) is 36.2 Å². The molecule has 3 heterocycles. The second kappa shape index (κ2) is 13.4. The van der Waals surface area contributed by atoms with E-state index in [1.807, 2.05) is 6.07 Å². The lowest BCUT2D eigenvalue weighted by atomic mass is 9.94. The van der Waals surface area contributed by atoms with E-state index in [9.17, 15) is 13.5 Å². The van der Waals surface area contributed by atoms with E-state index in [4.69, 9.17) is 10.7 Å². The van der Waals surface area contributed by atoms with Gasteiger partial charge < -0.3 is 20.7 Å². The molecule has 39 heavy (non-hydrogen) atoms. The maximum atomic E-state index is 12.1. The first-order valence-electron chi connectivity index (χ1n) is 13.7. The van der Waals surface area contributed by atoms with Crippen molar-refractivity contribution in [2.24, 2.45) is 5.92 Å². The summed E-state index contributed by atoms with van der Waals surface area (Å²) in [5, 5.41) is 15.7. The number of nitrogen functional groups attached to an aromatic ring is 1. The summed E-state index contributed by atoms with van der Waals surface area (Å²) in [6.45, 7) is 7.35. The molecule has 12 heteroatoms. The van der Waals surface area contributed by atoms with Crippen LogP contribution in [0.2, 0.25) is 0 Å².